The van der Waals surface area contributed by atoms with Crippen LogP contribution in [0.2, 0.25) is 0 Å². The summed E-state index contributed by atoms with van der Waals surface area (Å²) in [6.45, 7) is 4.19. The molecule has 54 heavy (non-hydrogen) atoms. The van der Waals surface area contributed by atoms with E-state index in [1.54, 1.807) is 6.08 Å². The Morgan fingerprint density at radius 3 is 1.13 bits per heavy atom. The third-order valence-corrected chi connectivity index (χ3v) is 11.3. The van der Waals surface area contributed by atoms with Crippen molar-refractivity contribution in [3.63, 3.8) is 0 Å². The molecule has 0 fully saturated rings. The highest BCUT2D eigenvalue weighted by Gasteiger charge is 2.22. The van der Waals surface area contributed by atoms with Gasteiger partial charge < -0.3 is 20.6 Å². The predicted octanol–water partition coefficient (Wildman–Crippen LogP) is 14.2. The van der Waals surface area contributed by atoms with Gasteiger partial charge in [0, 0.05) is 0 Å². The largest absolute Gasteiger partial charge is 0.394 e. The molecule has 5 heteroatoms. The lowest BCUT2D eigenvalue weighted by atomic mass is 10.0. The van der Waals surface area contributed by atoms with E-state index >= 15 is 0 Å². The average Bonchev–Trinajstić information content (AvgIpc) is 3.18. The van der Waals surface area contributed by atoms with Gasteiger partial charge in [-0.25, -0.2) is 0 Å². The minimum atomic E-state index is -1.10. The summed E-state index contributed by atoms with van der Waals surface area (Å²) >= 11 is 0. The van der Waals surface area contributed by atoms with Crippen molar-refractivity contribution in [3.05, 3.63) is 24.3 Å². The van der Waals surface area contributed by atoms with Crippen LogP contribution in [0.3, 0.4) is 0 Å². The first-order valence-electron chi connectivity index (χ1n) is 24.2. The third kappa shape index (κ3) is 39.1. The van der Waals surface area contributed by atoms with Crippen LogP contribution in [0.25, 0.3) is 0 Å². The maximum atomic E-state index is 12.5. The SMILES string of the molecule is CCCCCCCCCCCCCC/C=C/CC/C=C/C(O)C(CO)NC(=O)C(O)CCCCCCCCCCCCCCCCCCCCCCCC. The summed E-state index contributed by atoms with van der Waals surface area (Å²) in [5, 5.41) is 33.2. The van der Waals surface area contributed by atoms with Crippen molar-refractivity contribution in [2.75, 3.05) is 6.61 Å². The van der Waals surface area contributed by atoms with Crippen molar-refractivity contribution in [1.29, 1.82) is 0 Å². The quantitative estimate of drug-likeness (QED) is 0.0368. The Bertz CT molecular complexity index is 799. The molecule has 0 aliphatic heterocycles. The molecule has 0 aromatic rings. The smallest absolute Gasteiger partial charge is 0.249 e. The molecule has 0 bridgehead atoms. The maximum Gasteiger partial charge on any atom is 0.249 e. The van der Waals surface area contributed by atoms with E-state index in [9.17, 15) is 20.1 Å². The normalized spacial score (nSPS) is 13.6. The lowest BCUT2D eigenvalue weighted by Crippen LogP contribution is -2.48. The summed E-state index contributed by atoms with van der Waals surface area (Å²) in [5.74, 6) is -0.509. The van der Waals surface area contributed by atoms with Gasteiger partial charge in [-0.3, -0.25) is 4.79 Å². The summed E-state index contributed by atoms with van der Waals surface area (Å²) in [4.78, 5) is 12.5. The standard InChI is InChI=1S/C49H95NO4/c1-3-5-7-9-11-13-15-17-19-21-23-24-25-26-28-30-32-34-36-38-40-42-44-48(53)49(54)50-46(45-51)47(52)43-41-39-37-35-33-31-29-27-22-20-18-16-14-12-10-8-6-4-2/h33,35,41,43,46-48,51-53H,3-32,34,36-40,42,44-45H2,1-2H3,(H,50,54)/b35-33+,43-41+. The number of carbonyl (C=O) groups is 1. The molecule has 0 aromatic heterocycles. The van der Waals surface area contributed by atoms with Crippen LogP contribution < -0.4 is 5.32 Å². The van der Waals surface area contributed by atoms with E-state index in [1.165, 1.54) is 199 Å². The number of hydrogen-bond acceptors (Lipinski definition) is 4. The van der Waals surface area contributed by atoms with Crippen molar-refractivity contribution in [3.8, 4) is 0 Å². The molecule has 0 rings (SSSR count). The molecular formula is C49H95NO4. The molecular weight excluding hydrogens is 667 g/mol. The first kappa shape index (κ1) is 52.8. The fourth-order valence-electron chi connectivity index (χ4n) is 7.50. The van der Waals surface area contributed by atoms with Gasteiger partial charge in [0.25, 0.3) is 0 Å². The zero-order valence-electron chi connectivity index (χ0n) is 36.4. The van der Waals surface area contributed by atoms with E-state index in [1.807, 2.05) is 6.08 Å². The minimum Gasteiger partial charge on any atom is -0.394 e. The zero-order valence-corrected chi connectivity index (χ0v) is 36.4. The average molecular weight is 762 g/mol. The molecule has 0 aromatic carbocycles. The highest BCUT2D eigenvalue weighted by atomic mass is 16.3. The van der Waals surface area contributed by atoms with Gasteiger partial charge in [-0.05, 0) is 32.1 Å². The molecule has 5 nitrogen and oxygen atoms in total. The van der Waals surface area contributed by atoms with Gasteiger partial charge in [-0.1, -0.05) is 250 Å². The Hall–Kier alpha value is -1.17. The van der Waals surface area contributed by atoms with E-state index in [0.29, 0.717) is 6.42 Å². The Balaban J connectivity index is 3.64. The number of aliphatic hydroxyl groups is 3. The first-order chi connectivity index (χ1) is 26.6. The van der Waals surface area contributed by atoms with E-state index < -0.39 is 24.2 Å². The van der Waals surface area contributed by atoms with Gasteiger partial charge in [-0.2, -0.15) is 0 Å². The van der Waals surface area contributed by atoms with Crippen molar-refractivity contribution < 1.29 is 20.1 Å². The number of rotatable bonds is 44. The van der Waals surface area contributed by atoms with Crippen molar-refractivity contribution in [2.45, 2.75) is 276 Å². The number of aliphatic hydroxyl groups excluding tert-OH is 3. The number of amides is 1. The Labute approximate surface area is 337 Å². The predicted molar refractivity (Wildman–Crippen MR) is 236 cm³/mol. The Morgan fingerprint density at radius 1 is 0.444 bits per heavy atom. The molecule has 320 valence electrons. The van der Waals surface area contributed by atoms with Gasteiger partial charge in [0.1, 0.15) is 6.10 Å². The van der Waals surface area contributed by atoms with Gasteiger partial charge in [0.2, 0.25) is 5.91 Å². The summed E-state index contributed by atoms with van der Waals surface area (Å²) in [6.07, 6.45) is 55.1. The lowest BCUT2D eigenvalue weighted by molar-refractivity contribution is -0.131. The van der Waals surface area contributed by atoms with Crippen molar-refractivity contribution in [2.24, 2.45) is 0 Å². The van der Waals surface area contributed by atoms with Crippen molar-refractivity contribution >= 4 is 5.91 Å². The summed E-state index contributed by atoms with van der Waals surface area (Å²) in [5.41, 5.74) is 0. The van der Waals surface area contributed by atoms with E-state index in [4.69, 9.17) is 0 Å². The van der Waals surface area contributed by atoms with Crippen LogP contribution in [0.4, 0.5) is 0 Å². The van der Waals surface area contributed by atoms with Crippen LogP contribution in [-0.4, -0.2) is 46.1 Å². The summed E-state index contributed by atoms with van der Waals surface area (Å²) in [7, 11) is 0. The Kier molecular flexibility index (Phi) is 43.6. The molecule has 0 heterocycles. The fraction of sp³-hybridized carbons (Fsp3) is 0.898. The molecule has 1 amide bonds. The molecule has 0 radical (unpaired) electrons. The maximum absolute atomic E-state index is 12.5. The zero-order chi connectivity index (χ0) is 39.4. The number of nitrogens with one attached hydrogen (secondary N) is 1. The van der Waals surface area contributed by atoms with Crippen LogP contribution in [0.15, 0.2) is 24.3 Å². The highest BCUT2D eigenvalue weighted by molar-refractivity contribution is 5.80. The second-order valence-corrected chi connectivity index (χ2v) is 16.7. The molecule has 3 atom stereocenters. The Morgan fingerprint density at radius 2 is 0.759 bits per heavy atom. The molecule has 0 spiro atoms. The van der Waals surface area contributed by atoms with E-state index in [2.05, 4.69) is 31.3 Å². The number of unbranched alkanes of at least 4 members (excludes halogenated alkanes) is 34. The van der Waals surface area contributed by atoms with Gasteiger partial charge in [-0.15, -0.1) is 0 Å². The van der Waals surface area contributed by atoms with Gasteiger partial charge in [0.15, 0.2) is 0 Å². The van der Waals surface area contributed by atoms with Crippen LogP contribution in [0.5, 0.6) is 0 Å². The van der Waals surface area contributed by atoms with Crippen LogP contribution in [0.1, 0.15) is 258 Å². The lowest BCUT2D eigenvalue weighted by Gasteiger charge is -2.21. The monoisotopic (exact) mass is 762 g/mol. The summed E-state index contributed by atoms with van der Waals surface area (Å²) < 4.78 is 0. The molecule has 0 saturated heterocycles. The molecule has 0 aliphatic rings. The number of allylic oxidation sites excluding steroid dienone is 3. The number of hydrogen-bond donors (Lipinski definition) is 4. The second kappa shape index (κ2) is 44.5. The molecule has 0 aliphatic carbocycles. The van der Waals surface area contributed by atoms with E-state index in [-0.39, 0.29) is 6.61 Å². The van der Waals surface area contributed by atoms with Crippen LogP contribution in [-0.2, 0) is 4.79 Å². The highest BCUT2D eigenvalue weighted by Crippen LogP contribution is 2.16. The van der Waals surface area contributed by atoms with Gasteiger partial charge >= 0.3 is 0 Å². The second-order valence-electron chi connectivity index (χ2n) is 16.7. The topological polar surface area (TPSA) is 89.8 Å². The van der Waals surface area contributed by atoms with Crippen LogP contribution in [0, 0.1) is 0 Å². The molecule has 4 N–H and O–H groups in total. The van der Waals surface area contributed by atoms with Crippen LogP contribution >= 0.6 is 0 Å². The van der Waals surface area contributed by atoms with Gasteiger partial charge in [0.05, 0.1) is 18.8 Å². The molecule has 0 saturated carbocycles. The minimum absolute atomic E-state index is 0.373. The first-order valence-corrected chi connectivity index (χ1v) is 24.2. The van der Waals surface area contributed by atoms with E-state index in [0.717, 1.165) is 38.5 Å². The summed E-state index contributed by atoms with van der Waals surface area (Å²) in [6, 6.07) is -0.811. The number of carbonyl (C=O) groups excluding carboxylic acids is 1. The third-order valence-electron chi connectivity index (χ3n) is 11.3. The fourth-order valence-corrected chi connectivity index (χ4v) is 7.50. The van der Waals surface area contributed by atoms with Crippen molar-refractivity contribution in [1.82, 2.24) is 5.32 Å². The molecule has 3 unspecified atom stereocenters.